The Morgan fingerprint density at radius 1 is 1.00 bits per heavy atom. The molecule has 0 saturated heterocycles. The van der Waals surface area contributed by atoms with Crippen LogP contribution in [0.3, 0.4) is 0 Å². The minimum absolute atomic E-state index is 0.819. The van der Waals surface area contributed by atoms with Gasteiger partial charge in [0.1, 0.15) is 5.82 Å². The van der Waals surface area contributed by atoms with E-state index in [4.69, 9.17) is 0 Å². The summed E-state index contributed by atoms with van der Waals surface area (Å²) in [6.45, 7) is 5.06. The third-order valence-corrected chi connectivity index (χ3v) is 3.38. The van der Waals surface area contributed by atoms with Gasteiger partial charge in [-0.3, -0.25) is 0 Å². The van der Waals surface area contributed by atoms with Crippen molar-refractivity contribution < 1.29 is 0 Å². The van der Waals surface area contributed by atoms with Crippen LogP contribution in [0.1, 0.15) is 13.8 Å². The Labute approximate surface area is 112 Å². The molecule has 2 aromatic rings. The summed E-state index contributed by atoms with van der Waals surface area (Å²) in [5.74, 6) is 1.91. The number of nitrogens with zero attached hydrogens (tertiary/aromatic N) is 2. The fourth-order valence-electron chi connectivity index (χ4n) is 1.65. The molecule has 0 spiro atoms. The maximum Gasteiger partial charge on any atom is 0.148 e. The molecule has 2 rings (SSSR count). The zero-order chi connectivity index (χ0) is 12.8. The number of aromatic nitrogens is 2. The van der Waals surface area contributed by atoms with E-state index in [1.807, 2.05) is 30.8 Å². The Kier molecular flexibility index (Phi) is 4.59. The van der Waals surface area contributed by atoms with E-state index in [9.17, 15) is 0 Å². The Balaban J connectivity index is 2.15. The fourth-order valence-corrected chi connectivity index (χ4v) is 2.31. The molecule has 1 aromatic heterocycles. The van der Waals surface area contributed by atoms with Gasteiger partial charge in [0.15, 0.2) is 0 Å². The Morgan fingerprint density at radius 2 is 1.78 bits per heavy atom. The Morgan fingerprint density at radius 3 is 2.33 bits per heavy atom. The lowest BCUT2D eigenvalue weighted by atomic mass is 10.1. The van der Waals surface area contributed by atoms with E-state index < -0.39 is 0 Å². The van der Waals surface area contributed by atoms with Gasteiger partial charge in [-0.25, -0.2) is 0 Å². The number of rotatable bonds is 5. The second-order valence-electron chi connectivity index (χ2n) is 3.79. The molecule has 0 bridgehead atoms. The first-order valence-electron chi connectivity index (χ1n) is 6.14. The maximum absolute atomic E-state index is 4.22. The van der Waals surface area contributed by atoms with Gasteiger partial charge >= 0.3 is 0 Å². The van der Waals surface area contributed by atoms with Gasteiger partial charge in [0.25, 0.3) is 0 Å². The van der Waals surface area contributed by atoms with Crippen molar-refractivity contribution in [2.45, 2.75) is 18.7 Å². The molecule has 1 N–H and O–H groups in total. The monoisotopic (exact) mass is 259 g/mol. The third-order valence-electron chi connectivity index (χ3n) is 2.48. The first-order valence-corrected chi connectivity index (χ1v) is 7.13. The van der Waals surface area contributed by atoms with Crippen LogP contribution in [0.15, 0.2) is 41.3 Å². The number of nitrogens with one attached hydrogen (secondary N) is 1. The van der Waals surface area contributed by atoms with Crippen LogP contribution in [0.5, 0.6) is 0 Å². The molecule has 0 radical (unpaired) electrons. The average molecular weight is 259 g/mol. The molecule has 1 heterocycles. The van der Waals surface area contributed by atoms with E-state index in [0.717, 1.165) is 29.4 Å². The molecular weight excluding hydrogens is 242 g/mol. The van der Waals surface area contributed by atoms with E-state index in [-0.39, 0.29) is 0 Å². The van der Waals surface area contributed by atoms with Crippen LogP contribution in [-0.4, -0.2) is 22.5 Å². The lowest BCUT2D eigenvalue weighted by molar-refractivity contribution is 1.02. The van der Waals surface area contributed by atoms with Crippen molar-refractivity contribution in [1.29, 1.82) is 0 Å². The van der Waals surface area contributed by atoms with Gasteiger partial charge < -0.3 is 5.32 Å². The molecule has 3 nitrogen and oxygen atoms in total. The van der Waals surface area contributed by atoms with E-state index in [1.165, 1.54) is 4.90 Å². The molecule has 0 amide bonds. The quantitative estimate of drug-likeness (QED) is 0.831. The van der Waals surface area contributed by atoms with E-state index in [1.54, 1.807) is 0 Å². The summed E-state index contributed by atoms with van der Waals surface area (Å²) in [7, 11) is 0. The van der Waals surface area contributed by atoms with Crippen molar-refractivity contribution in [1.82, 2.24) is 10.2 Å². The molecule has 0 unspecified atom stereocenters. The molecule has 0 aliphatic carbocycles. The van der Waals surface area contributed by atoms with Gasteiger partial charge in [0.05, 0.1) is 5.69 Å². The van der Waals surface area contributed by atoms with Crippen LogP contribution in [0, 0.1) is 0 Å². The second-order valence-corrected chi connectivity index (χ2v) is 5.13. The Bertz CT molecular complexity index is 432. The van der Waals surface area contributed by atoms with E-state index >= 15 is 0 Å². The molecule has 0 aliphatic rings. The molecule has 18 heavy (non-hydrogen) atoms. The van der Waals surface area contributed by atoms with Crippen molar-refractivity contribution >= 4 is 17.6 Å². The van der Waals surface area contributed by atoms with Crippen molar-refractivity contribution in [3.05, 3.63) is 36.4 Å². The first kappa shape index (κ1) is 12.9. The largest absolute Gasteiger partial charge is 0.369 e. The maximum atomic E-state index is 4.22. The highest BCUT2D eigenvalue weighted by Gasteiger charge is 2.01. The van der Waals surface area contributed by atoms with Crippen LogP contribution >= 0.6 is 11.8 Å². The highest BCUT2D eigenvalue weighted by Crippen LogP contribution is 2.22. The number of anilines is 1. The minimum Gasteiger partial charge on any atom is -0.369 e. The molecular formula is C14H17N3S. The summed E-state index contributed by atoms with van der Waals surface area (Å²) >= 11 is 1.84. The fraction of sp³-hybridized carbons (Fsp3) is 0.286. The second kappa shape index (κ2) is 6.40. The molecule has 0 fully saturated rings. The summed E-state index contributed by atoms with van der Waals surface area (Å²) in [4.78, 5) is 1.29. The van der Waals surface area contributed by atoms with Crippen LogP contribution in [0.4, 0.5) is 5.82 Å². The number of benzene rings is 1. The summed E-state index contributed by atoms with van der Waals surface area (Å²) in [6.07, 6.45) is 0. The molecule has 4 heteroatoms. The number of hydrogen-bond acceptors (Lipinski definition) is 4. The van der Waals surface area contributed by atoms with Gasteiger partial charge in [-0.1, -0.05) is 19.1 Å². The predicted molar refractivity (Wildman–Crippen MR) is 78.0 cm³/mol. The predicted octanol–water partition coefficient (Wildman–Crippen LogP) is 3.69. The summed E-state index contributed by atoms with van der Waals surface area (Å²) < 4.78 is 0. The van der Waals surface area contributed by atoms with Crippen LogP contribution < -0.4 is 5.32 Å². The van der Waals surface area contributed by atoms with Crippen LogP contribution in [0.2, 0.25) is 0 Å². The number of hydrogen-bond donors (Lipinski definition) is 1. The van der Waals surface area contributed by atoms with Crippen molar-refractivity contribution in [3.8, 4) is 11.3 Å². The Hall–Kier alpha value is -1.55. The molecule has 1 aromatic carbocycles. The number of thioether (sulfide) groups is 1. The summed E-state index contributed by atoms with van der Waals surface area (Å²) in [5.41, 5.74) is 2.01. The summed E-state index contributed by atoms with van der Waals surface area (Å²) in [6, 6.07) is 12.4. The van der Waals surface area contributed by atoms with Crippen LogP contribution in [-0.2, 0) is 0 Å². The van der Waals surface area contributed by atoms with Gasteiger partial charge in [-0.15, -0.1) is 22.0 Å². The molecule has 0 aliphatic heterocycles. The third kappa shape index (κ3) is 3.23. The summed E-state index contributed by atoms with van der Waals surface area (Å²) in [5, 5.41) is 11.5. The highest BCUT2D eigenvalue weighted by molar-refractivity contribution is 7.99. The van der Waals surface area contributed by atoms with Gasteiger partial charge in [0.2, 0.25) is 0 Å². The topological polar surface area (TPSA) is 37.8 Å². The zero-order valence-corrected chi connectivity index (χ0v) is 11.5. The lowest BCUT2D eigenvalue weighted by Crippen LogP contribution is -2.00. The molecule has 94 valence electrons. The van der Waals surface area contributed by atoms with Gasteiger partial charge in [-0.05, 0) is 36.9 Å². The lowest BCUT2D eigenvalue weighted by Gasteiger charge is -2.04. The first-order chi connectivity index (χ1) is 8.83. The van der Waals surface area contributed by atoms with Crippen LogP contribution in [0.25, 0.3) is 11.3 Å². The van der Waals surface area contributed by atoms with Gasteiger partial charge in [0, 0.05) is 17.0 Å². The van der Waals surface area contributed by atoms with E-state index in [2.05, 4.69) is 46.7 Å². The molecule has 0 saturated carbocycles. The minimum atomic E-state index is 0.819. The highest BCUT2D eigenvalue weighted by atomic mass is 32.2. The van der Waals surface area contributed by atoms with Crippen molar-refractivity contribution in [2.24, 2.45) is 0 Å². The SMILES string of the molecule is CCNc1ccc(-c2ccc(SCC)cc2)nn1. The van der Waals surface area contributed by atoms with Crippen molar-refractivity contribution in [2.75, 3.05) is 17.6 Å². The standard InChI is InChI=1S/C14H17N3S/c1-3-15-14-10-9-13(16-17-14)11-5-7-12(8-6-11)18-4-2/h5-10H,3-4H2,1-2H3,(H,15,17). The molecule has 0 atom stereocenters. The van der Waals surface area contributed by atoms with Gasteiger partial charge in [-0.2, -0.15) is 0 Å². The smallest absolute Gasteiger partial charge is 0.148 e. The van der Waals surface area contributed by atoms with E-state index in [0.29, 0.717) is 0 Å². The zero-order valence-electron chi connectivity index (χ0n) is 10.7. The van der Waals surface area contributed by atoms with Crippen molar-refractivity contribution in [3.63, 3.8) is 0 Å². The normalized spacial score (nSPS) is 10.3. The average Bonchev–Trinajstić information content (AvgIpc) is 2.41.